The van der Waals surface area contributed by atoms with E-state index in [1.54, 1.807) is 6.20 Å². The van der Waals surface area contributed by atoms with Crippen molar-refractivity contribution in [2.24, 2.45) is 0 Å². The molecular formula is C20H21N5. The Kier molecular flexibility index (Phi) is 3.84. The molecule has 1 aromatic heterocycles. The molecule has 25 heavy (non-hydrogen) atoms. The van der Waals surface area contributed by atoms with Crippen molar-refractivity contribution in [3.8, 4) is 0 Å². The molecule has 2 aromatic carbocycles. The Hall–Kier alpha value is -2.95. The molecule has 0 amide bonds. The molecule has 1 unspecified atom stereocenters. The first-order valence-corrected chi connectivity index (χ1v) is 8.53. The number of benzene rings is 2. The van der Waals surface area contributed by atoms with Gasteiger partial charge in [-0.1, -0.05) is 30.3 Å². The molecule has 5 heteroatoms. The molecule has 0 saturated heterocycles. The van der Waals surface area contributed by atoms with E-state index in [1.165, 1.54) is 22.4 Å². The Labute approximate surface area is 147 Å². The molecule has 0 radical (unpaired) electrons. The zero-order valence-electron chi connectivity index (χ0n) is 14.7. The minimum absolute atomic E-state index is 0.315. The Morgan fingerprint density at radius 1 is 1.08 bits per heavy atom. The van der Waals surface area contributed by atoms with E-state index in [2.05, 4.69) is 77.6 Å². The van der Waals surface area contributed by atoms with Crippen LogP contribution in [0.3, 0.4) is 0 Å². The van der Waals surface area contributed by atoms with Crippen molar-refractivity contribution in [2.75, 3.05) is 10.2 Å². The molecule has 2 heterocycles. The summed E-state index contributed by atoms with van der Waals surface area (Å²) in [4.78, 5) is 6.87. The summed E-state index contributed by atoms with van der Waals surface area (Å²) in [6, 6.07) is 14.9. The number of anilines is 4. The maximum atomic E-state index is 4.71. The summed E-state index contributed by atoms with van der Waals surface area (Å²) < 4.78 is 0. The standard InChI is InChI=1S/C20H21N5/c1-13-7-6-9-17(15(13)3)22-19-12-21-24-20(23-19)25-14(2)11-16-8-4-5-10-18(16)25/h4-10,12,14H,11H2,1-3H3,(H,22,23,24). The van der Waals surface area contributed by atoms with Gasteiger partial charge in [-0.2, -0.15) is 10.1 Å². The molecule has 0 saturated carbocycles. The van der Waals surface area contributed by atoms with Crippen LogP contribution in [-0.4, -0.2) is 21.2 Å². The molecule has 3 aromatic rings. The van der Waals surface area contributed by atoms with E-state index < -0.39 is 0 Å². The van der Waals surface area contributed by atoms with Crippen molar-refractivity contribution in [3.05, 3.63) is 65.4 Å². The molecule has 1 N–H and O–H groups in total. The molecule has 0 bridgehead atoms. The molecule has 4 rings (SSSR count). The first-order valence-electron chi connectivity index (χ1n) is 8.53. The summed E-state index contributed by atoms with van der Waals surface area (Å²) in [5, 5.41) is 11.8. The predicted molar refractivity (Wildman–Crippen MR) is 101 cm³/mol. The van der Waals surface area contributed by atoms with E-state index >= 15 is 0 Å². The van der Waals surface area contributed by atoms with Gasteiger partial charge in [0.1, 0.15) is 0 Å². The van der Waals surface area contributed by atoms with Crippen LogP contribution in [0.1, 0.15) is 23.6 Å². The predicted octanol–water partition coefficient (Wildman–Crippen LogP) is 4.31. The van der Waals surface area contributed by atoms with Gasteiger partial charge >= 0.3 is 0 Å². The fraction of sp³-hybridized carbons (Fsp3) is 0.250. The van der Waals surface area contributed by atoms with Crippen molar-refractivity contribution in [2.45, 2.75) is 33.2 Å². The molecule has 5 nitrogen and oxygen atoms in total. The van der Waals surface area contributed by atoms with Crippen LogP contribution in [0, 0.1) is 13.8 Å². The van der Waals surface area contributed by atoms with E-state index in [9.17, 15) is 0 Å². The molecule has 126 valence electrons. The Morgan fingerprint density at radius 2 is 1.92 bits per heavy atom. The lowest BCUT2D eigenvalue weighted by molar-refractivity contribution is 0.730. The minimum atomic E-state index is 0.315. The number of aromatic nitrogens is 3. The van der Waals surface area contributed by atoms with Gasteiger partial charge in [0, 0.05) is 17.4 Å². The number of nitrogens with zero attached hydrogens (tertiary/aromatic N) is 4. The largest absolute Gasteiger partial charge is 0.339 e. The van der Waals surface area contributed by atoms with Crippen molar-refractivity contribution in [1.82, 2.24) is 15.2 Å². The molecule has 0 spiro atoms. The van der Waals surface area contributed by atoms with Crippen LogP contribution in [-0.2, 0) is 6.42 Å². The topological polar surface area (TPSA) is 53.9 Å². The van der Waals surface area contributed by atoms with Crippen LogP contribution in [0.2, 0.25) is 0 Å². The second kappa shape index (κ2) is 6.16. The summed E-state index contributed by atoms with van der Waals surface area (Å²) >= 11 is 0. The van der Waals surface area contributed by atoms with Crippen LogP contribution >= 0.6 is 0 Å². The van der Waals surface area contributed by atoms with E-state index in [4.69, 9.17) is 4.98 Å². The average Bonchev–Trinajstić information content (AvgIpc) is 2.95. The molecule has 0 aliphatic carbocycles. The highest BCUT2D eigenvalue weighted by Gasteiger charge is 2.29. The van der Waals surface area contributed by atoms with Crippen molar-refractivity contribution in [3.63, 3.8) is 0 Å². The van der Waals surface area contributed by atoms with Crippen molar-refractivity contribution < 1.29 is 0 Å². The van der Waals surface area contributed by atoms with Gasteiger partial charge in [0.2, 0.25) is 0 Å². The number of aryl methyl sites for hydroxylation is 1. The highest BCUT2D eigenvalue weighted by molar-refractivity contribution is 5.68. The number of rotatable bonds is 3. The Morgan fingerprint density at radius 3 is 2.80 bits per heavy atom. The highest BCUT2D eigenvalue weighted by atomic mass is 15.4. The smallest absolute Gasteiger partial charge is 0.252 e. The summed E-state index contributed by atoms with van der Waals surface area (Å²) in [7, 11) is 0. The van der Waals surface area contributed by atoms with Gasteiger partial charge in [-0.15, -0.1) is 5.10 Å². The van der Waals surface area contributed by atoms with Gasteiger partial charge in [-0.25, -0.2) is 0 Å². The van der Waals surface area contributed by atoms with Gasteiger partial charge in [-0.3, -0.25) is 0 Å². The van der Waals surface area contributed by atoms with Gasteiger partial charge in [0.15, 0.2) is 5.82 Å². The lowest BCUT2D eigenvalue weighted by Gasteiger charge is -2.22. The normalized spacial score (nSPS) is 16.0. The van der Waals surface area contributed by atoms with Gasteiger partial charge in [0.05, 0.1) is 6.20 Å². The SMILES string of the molecule is Cc1cccc(Nc2cnnc(N3c4ccccc4CC3C)n2)c1C. The maximum absolute atomic E-state index is 4.71. The van der Waals surface area contributed by atoms with Gasteiger partial charge < -0.3 is 10.2 Å². The zero-order valence-corrected chi connectivity index (χ0v) is 14.7. The quantitative estimate of drug-likeness (QED) is 0.775. The van der Waals surface area contributed by atoms with Crippen LogP contribution in [0.25, 0.3) is 0 Å². The summed E-state index contributed by atoms with van der Waals surface area (Å²) in [5.41, 5.74) is 5.99. The molecule has 1 aliphatic heterocycles. The minimum Gasteiger partial charge on any atom is -0.339 e. The van der Waals surface area contributed by atoms with Gasteiger partial charge in [0.25, 0.3) is 5.95 Å². The van der Waals surface area contributed by atoms with Gasteiger partial charge in [-0.05, 0) is 56.0 Å². The number of nitrogens with one attached hydrogen (secondary N) is 1. The Balaban J connectivity index is 1.67. The second-order valence-corrected chi connectivity index (χ2v) is 6.57. The van der Waals surface area contributed by atoms with Crippen LogP contribution in [0.5, 0.6) is 0 Å². The monoisotopic (exact) mass is 331 g/mol. The average molecular weight is 331 g/mol. The van der Waals surface area contributed by atoms with Crippen LogP contribution in [0.4, 0.5) is 23.1 Å². The van der Waals surface area contributed by atoms with Crippen LogP contribution in [0.15, 0.2) is 48.7 Å². The third kappa shape index (κ3) is 2.82. The third-order valence-electron chi connectivity index (χ3n) is 4.84. The lowest BCUT2D eigenvalue weighted by atomic mass is 10.1. The lowest BCUT2D eigenvalue weighted by Crippen LogP contribution is -2.26. The molecule has 1 atom stereocenters. The molecule has 0 fully saturated rings. The molecular weight excluding hydrogens is 310 g/mol. The van der Waals surface area contributed by atoms with Crippen molar-refractivity contribution in [1.29, 1.82) is 0 Å². The van der Waals surface area contributed by atoms with E-state index in [-0.39, 0.29) is 0 Å². The first-order chi connectivity index (χ1) is 12.1. The fourth-order valence-corrected chi connectivity index (χ4v) is 3.35. The summed E-state index contributed by atoms with van der Waals surface area (Å²) in [6.45, 7) is 6.40. The second-order valence-electron chi connectivity index (χ2n) is 6.57. The molecule has 1 aliphatic rings. The van der Waals surface area contributed by atoms with E-state index in [0.717, 1.165) is 12.1 Å². The third-order valence-corrected chi connectivity index (χ3v) is 4.84. The number of fused-ring (bicyclic) bond motifs is 1. The summed E-state index contributed by atoms with van der Waals surface area (Å²) in [6.07, 6.45) is 2.66. The fourth-order valence-electron chi connectivity index (χ4n) is 3.35. The first kappa shape index (κ1) is 15.6. The van der Waals surface area contributed by atoms with Crippen molar-refractivity contribution >= 4 is 23.1 Å². The highest BCUT2D eigenvalue weighted by Crippen LogP contribution is 2.36. The number of hydrogen-bond donors (Lipinski definition) is 1. The maximum Gasteiger partial charge on any atom is 0.252 e. The van der Waals surface area contributed by atoms with Crippen LogP contribution < -0.4 is 10.2 Å². The van der Waals surface area contributed by atoms with E-state index in [1.807, 2.05) is 6.07 Å². The van der Waals surface area contributed by atoms with E-state index in [0.29, 0.717) is 17.8 Å². The Bertz CT molecular complexity index is 921. The number of hydrogen-bond acceptors (Lipinski definition) is 5. The summed E-state index contributed by atoms with van der Waals surface area (Å²) in [5.74, 6) is 1.34. The number of para-hydroxylation sites is 1. The zero-order chi connectivity index (χ0) is 17.4.